The lowest BCUT2D eigenvalue weighted by atomic mass is 9.89. The molecule has 94 valence electrons. The van der Waals surface area contributed by atoms with Crippen LogP contribution in [-0.4, -0.2) is 26.1 Å². The van der Waals surface area contributed by atoms with Crippen LogP contribution in [0.3, 0.4) is 0 Å². The predicted octanol–water partition coefficient (Wildman–Crippen LogP) is 2.11. The monoisotopic (exact) mass is 265 g/mol. The van der Waals surface area contributed by atoms with Crippen molar-refractivity contribution >= 4 is 21.6 Å². The molecule has 2 unspecified atom stereocenters. The summed E-state index contributed by atoms with van der Waals surface area (Å²) in [6.07, 6.45) is 6.42. The average Bonchev–Trinajstić information content (AvgIpc) is 2.98. The maximum absolute atomic E-state index is 11.7. The van der Waals surface area contributed by atoms with Gasteiger partial charge < -0.3 is 0 Å². The summed E-state index contributed by atoms with van der Waals surface area (Å²) < 4.78 is 26.1. The van der Waals surface area contributed by atoms with E-state index in [0.29, 0.717) is 24.1 Å². The topological polar surface area (TPSA) is 46.2 Å². The van der Waals surface area contributed by atoms with Crippen molar-refractivity contribution in [2.75, 3.05) is 12.3 Å². The third kappa shape index (κ3) is 4.22. The maximum atomic E-state index is 11.7. The molecule has 0 saturated heterocycles. The van der Waals surface area contributed by atoms with Gasteiger partial charge in [-0.1, -0.05) is 6.42 Å². The number of nitrogens with one attached hydrogen (secondary N) is 1. The zero-order valence-corrected chi connectivity index (χ0v) is 11.1. The quantitative estimate of drug-likeness (QED) is 0.774. The number of halogens is 1. The van der Waals surface area contributed by atoms with Crippen LogP contribution in [0.25, 0.3) is 0 Å². The molecule has 2 fully saturated rings. The van der Waals surface area contributed by atoms with Crippen LogP contribution in [-0.2, 0) is 10.0 Å². The van der Waals surface area contributed by atoms with Crippen LogP contribution < -0.4 is 4.72 Å². The van der Waals surface area contributed by atoms with E-state index in [1.165, 1.54) is 0 Å². The van der Waals surface area contributed by atoms with E-state index in [0.717, 1.165) is 38.5 Å². The first-order valence-electron chi connectivity index (χ1n) is 6.16. The van der Waals surface area contributed by atoms with E-state index in [1.54, 1.807) is 0 Å². The highest BCUT2D eigenvalue weighted by Gasteiger charge is 2.28. The number of sulfonamides is 1. The Morgan fingerprint density at radius 3 is 2.50 bits per heavy atom. The van der Waals surface area contributed by atoms with Crippen molar-refractivity contribution in [1.29, 1.82) is 0 Å². The number of rotatable bonds is 5. The largest absolute Gasteiger partial charge is 0.215 e. The molecule has 0 aromatic rings. The van der Waals surface area contributed by atoms with Crippen molar-refractivity contribution in [3.63, 3.8) is 0 Å². The standard InChI is InChI=1S/C11H20ClNO2S/c12-11-3-1-2-10(6-11)7-13-16(14,15)8-9-4-5-9/h9-11,13H,1-8H2. The van der Waals surface area contributed by atoms with Crippen LogP contribution >= 0.6 is 11.6 Å². The van der Waals surface area contributed by atoms with Crippen LogP contribution in [0.2, 0.25) is 0 Å². The van der Waals surface area contributed by atoms with Gasteiger partial charge in [0.15, 0.2) is 0 Å². The molecule has 3 nitrogen and oxygen atoms in total. The highest BCUT2D eigenvalue weighted by molar-refractivity contribution is 7.89. The second-order valence-electron chi connectivity index (χ2n) is 5.20. The van der Waals surface area contributed by atoms with Gasteiger partial charge in [0.05, 0.1) is 5.75 Å². The second-order valence-corrected chi connectivity index (χ2v) is 7.67. The van der Waals surface area contributed by atoms with E-state index in [-0.39, 0.29) is 5.38 Å². The molecule has 0 aromatic carbocycles. The highest BCUT2D eigenvalue weighted by Crippen LogP contribution is 2.30. The Morgan fingerprint density at radius 2 is 1.88 bits per heavy atom. The van der Waals surface area contributed by atoms with Gasteiger partial charge in [0.25, 0.3) is 0 Å². The molecule has 0 amide bonds. The first-order chi connectivity index (χ1) is 7.55. The zero-order chi connectivity index (χ0) is 11.6. The fourth-order valence-electron chi connectivity index (χ4n) is 2.31. The summed E-state index contributed by atoms with van der Waals surface area (Å²) in [5.74, 6) is 1.18. The van der Waals surface area contributed by atoms with E-state index in [4.69, 9.17) is 11.6 Å². The molecule has 0 aromatic heterocycles. The molecule has 2 atom stereocenters. The van der Waals surface area contributed by atoms with Gasteiger partial charge in [0.1, 0.15) is 0 Å². The third-order valence-corrected chi connectivity index (χ3v) is 5.38. The molecule has 0 bridgehead atoms. The summed E-state index contributed by atoms with van der Waals surface area (Å²) >= 11 is 6.08. The van der Waals surface area contributed by atoms with E-state index in [2.05, 4.69) is 4.72 Å². The minimum Gasteiger partial charge on any atom is -0.215 e. The van der Waals surface area contributed by atoms with Crippen molar-refractivity contribution in [3.05, 3.63) is 0 Å². The van der Waals surface area contributed by atoms with E-state index >= 15 is 0 Å². The van der Waals surface area contributed by atoms with Gasteiger partial charge in [0, 0.05) is 11.9 Å². The Balaban J connectivity index is 1.72. The molecule has 0 radical (unpaired) electrons. The van der Waals surface area contributed by atoms with E-state index < -0.39 is 10.0 Å². The van der Waals surface area contributed by atoms with Crippen molar-refractivity contribution in [3.8, 4) is 0 Å². The lowest BCUT2D eigenvalue weighted by Crippen LogP contribution is -2.33. The van der Waals surface area contributed by atoms with Gasteiger partial charge in [0.2, 0.25) is 10.0 Å². The Hall–Kier alpha value is 0.200. The van der Waals surface area contributed by atoms with Crippen LogP contribution in [0, 0.1) is 11.8 Å². The predicted molar refractivity (Wildman–Crippen MR) is 66.1 cm³/mol. The smallest absolute Gasteiger partial charge is 0.211 e. The van der Waals surface area contributed by atoms with Gasteiger partial charge in [-0.05, 0) is 43.9 Å². The summed E-state index contributed by atoms with van der Waals surface area (Å²) in [6.45, 7) is 0.582. The lowest BCUT2D eigenvalue weighted by Gasteiger charge is -2.25. The molecule has 16 heavy (non-hydrogen) atoms. The number of hydrogen-bond donors (Lipinski definition) is 1. The Labute approximate surface area is 103 Å². The Bertz CT molecular complexity index is 327. The number of hydrogen-bond acceptors (Lipinski definition) is 2. The van der Waals surface area contributed by atoms with Gasteiger partial charge in [-0.2, -0.15) is 0 Å². The molecule has 0 heterocycles. The normalized spacial score (nSPS) is 31.6. The zero-order valence-electron chi connectivity index (χ0n) is 9.49. The van der Waals surface area contributed by atoms with Crippen LogP contribution in [0.15, 0.2) is 0 Å². The molecule has 0 spiro atoms. The van der Waals surface area contributed by atoms with E-state index in [1.807, 2.05) is 0 Å². The highest BCUT2D eigenvalue weighted by atomic mass is 35.5. The molecule has 2 rings (SSSR count). The summed E-state index contributed by atoms with van der Waals surface area (Å²) in [5.41, 5.74) is 0. The average molecular weight is 266 g/mol. The van der Waals surface area contributed by atoms with E-state index in [9.17, 15) is 8.42 Å². The molecule has 2 aliphatic rings. The third-order valence-electron chi connectivity index (χ3n) is 3.46. The molecule has 2 saturated carbocycles. The van der Waals surface area contributed by atoms with Gasteiger partial charge in [-0.3, -0.25) is 0 Å². The summed E-state index contributed by atoms with van der Waals surface area (Å²) in [6, 6.07) is 0. The maximum Gasteiger partial charge on any atom is 0.211 e. The molecular weight excluding hydrogens is 246 g/mol. The van der Waals surface area contributed by atoms with Crippen molar-refractivity contribution < 1.29 is 8.42 Å². The Kier molecular flexibility index (Phi) is 4.14. The first kappa shape index (κ1) is 12.7. The number of alkyl halides is 1. The first-order valence-corrected chi connectivity index (χ1v) is 8.25. The lowest BCUT2D eigenvalue weighted by molar-refractivity contribution is 0.361. The van der Waals surface area contributed by atoms with Crippen molar-refractivity contribution in [2.24, 2.45) is 11.8 Å². The molecule has 2 aliphatic carbocycles. The van der Waals surface area contributed by atoms with Gasteiger partial charge in [-0.25, -0.2) is 13.1 Å². The van der Waals surface area contributed by atoms with Crippen LogP contribution in [0.1, 0.15) is 38.5 Å². The van der Waals surface area contributed by atoms with Crippen molar-refractivity contribution in [2.45, 2.75) is 43.9 Å². The fraction of sp³-hybridized carbons (Fsp3) is 1.00. The summed E-state index contributed by atoms with van der Waals surface area (Å²) in [7, 11) is -3.03. The minimum absolute atomic E-state index is 0.242. The summed E-state index contributed by atoms with van der Waals surface area (Å²) in [4.78, 5) is 0. The second kappa shape index (κ2) is 5.23. The molecular formula is C11H20ClNO2S. The fourth-order valence-corrected chi connectivity index (χ4v) is 4.28. The van der Waals surface area contributed by atoms with Crippen LogP contribution in [0.4, 0.5) is 0 Å². The Morgan fingerprint density at radius 1 is 1.12 bits per heavy atom. The van der Waals surface area contributed by atoms with Gasteiger partial charge >= 0.3 is 0 Å². The summed E-state index contributed by atoms with van der Waals surface area (Å²) in [5, 5.41) is 0.242. The minimum atomic E-state index is -3.03. The molecule has 0 aliphatic heterocycles. The van der Waals surface area contributed by atoms with Crippen molar-refractivity contribution in [1.82, 2.24) is 4.72 Å². The molecule has 5 heteroatoms. The van der Waals surface area contributed by atoms with Gasteiger partial charge in [-0.15, -0.1) is 11.6 Å². The molecule has 1 N–H and O–H groups in total. The SMILES string of the molecule is O=S(=O)(CC1CC1)NCC1CCCC(Cl)C1. The van der Waals surface area contributed by atoms with Crippen LogP contribution in [0.5, 0.6) is 0 Å².